The molecule has 1 saturated heterocycles. The van der Waals surface area contributed by atoms with Crippen LogP contribution in [-0.2, 0) is 7.05 Å². The lowest BCUT2D eigenvalue weighted by Crippen LogP contribution is -2.50. The average Bonchev–Trinajstić information content (AvgIpc) is 3.37. The predicted octanol–water partition coefficient (Wildman–Crippen LogP) is 3.12. The molecular formula is C21H29N7O2. The maximum atomic E-state index is 11.9. The number of aromatic nitrogens is 5. The Labute approximate surface area is 175 Å². The maximum Gasteiger partial charge on any atom is 0.407 e. The summed E-state index contributed by atoms with van der Waals surface area (Å²) in [5, 5.41) is 18.4. The Bertz CT molecular complexity index is 1080. The first-order valence-corrected chi connectivity index (χ1v) is 10.1. The molecule has 30 heavy (non-hydrogen) atoms. The third kappa shape index (κ3) is 3.71. The number of carboxylic acid groups (broad SMARTS) is 1. The summed E-state index contributed by atoms with van der Waals surface area (Å²) in [5.74, 6) is 0.871. The summed E-state index contributed by atoms with van der Waals surface area (Å²) < 4.78 is 3.60. The average molecular weight is 412 g/mol. The van der Waals surface area contributed by atoms with Crippen molar-refractivity contribution in [3.63, 3.8) is 0 Å². The molecule has 1 amide bonds. The number of rotatable bonds is 4. The fourth-order valence-electron chi connectivity index (χ4n) is 4.14. The smallest absolute Gasteiger partial charge is 0.407 e. The molecule has 9 heteroatoms. The topological polar surface area (TPSA) is 91.8 Å². The van der Waals surface area contributed by atoms with Crippen LogP contribution in [0.1, 0.15) is 34.1 Å². The molecule has 1 fully saturated rings. The van der Waals surface area contributed by atoms with Crippen LogP contribution in [0.5, 0.6) is 0 Å². The first kappa shape index (κ1) is 20.2. The maximum absolute atomic E-state index is 11.9. The van der Waals surface area contributed by atoms with Gasteiger partial charge in [0.15, 0.2) is 5.82 Å². The third-order valence-corrected chi connectivity index (χ3v) is 5.81. The Hall–Kier alpha value is -3.10. The molecule has 1 atom stereocenters. The van der Waals surface area contributed by atoms with E-state index in [1.165, 1.54) is 0 Å². The van der Waals surface area contributed by atoms with Crippen molar-refractivity contribution in [3.8, 4) is 11.3 Å². The number of anilines is 1. The number of fused-ring (bicyclic) bond motifs is 1. The van der Waals surface area contributed by atoms with E-state index in [1.807, 2.05) is 50.8 Å². The fourth-order valence-corrected chi connectivity index (χ4v) is 4.14. The lowest BCUT2D eigenvalue weighted by molar-refractivity contribution is 0.0733. The van der Waals surface area contributed by atoms with Crippen LogP contribution < -0.4 is 4.90 Å². The highest BCUT2D eigenvalue weighted by molar-refractivity contribution is 5.73. The van der Waals surface area contributed by atoms with Crippen LogP contribution in [0.15, 0.2) is 30.9 Å². The second-order valence-corrected chi connectivity index (χ2v) is 9.54. The number of hydrogen-bond acceptors (Lipinski definition) is 5. The Morgan fingerprint density at radius 2 is 2.07 bits per heavy atom. The molecule has 1 unspecified atom stereocenters. The van der Waals surface area contributed by atoms with E-state index in [2.05, 4.69) is 22.0 Å². The molecule has 1 aliphatic rings. The van der Waals surface area contributed by atoms with E-state index >= 15 is 0 Å². The molecule has 4 heterocycles. The number of hydrogen-bond donors (Lipinski definition) is 1. The summed E-state index contributed by atoms with van der Waals surface area (Å²) in [6.07, 6.45) is 7.43. The van der Waals surface area contributed by atoms with Crippen molar-refractivity contribution in [2.75, 3.05) is 24.5 Å². The minimum atomic E-state index is -0.878. The summed E-state index contributed by atoms with van der Waals surface area (Å²) in [4.78, 5) is 20.6. The second-order valence-electron chi connectivity index (χ2n) is 9.54. The molecular weight excluding hydrogens is 382 g/mol. The molecule has 1 N–H and O–H groups in total. The van der Waals surface area contributed by atoms with Crippen molar-refractivity contribution in [1.29, 1.82) is 0 Å². The summed E-state index contributed by atoms with van der Waals surface area (Å²) in [5.41, 5.74) is 2.08. The van der Waals surface area contributed by atoms with E-state index in [1.54, 1.807) is 22.0 Å². The lowest BCUT2D eigenvalue weighted by Gasteiger charge is -2.39. The van der Waals surface area contributed by atoms with Crippen molar-refractivity contribution >= 4 is 17.4 Å². The predicted molar refractivity (Wildman–Crippen MR) is 115 cm³/mol. The van der Waals surface area contributed by atoms with Gasteiger partial charge in [0.2, 0.25) is 0 Å². The van der Waals surface area contributed by atoms with Crippen LogP contribution >= 0.6 is 0 Å². The van der Waals surface area contributed by atoms with Gasteiger partial charge in [-0.05, 0) is 33.3 Å². The summed E-state index contributed by atoms with van der Waals surface area (Å²) in [6, 6.07) is 1.96. The quantitative estimate of drug-likeness (QED) is 0.709. The molecule has 0 aromatic carbocycles. The van der Waals surface area contributed by atoms with Gasteiger partial charge in [-0.15, -0.1) is 0 Å². The molecule has 3 aromatic heterocycles. The molecule has 0 bridgehead atoms. The Kier molecular flexibility index (Phi) is 4.71. The monoisotopic (exact) mass is 411 g/mol. The fraction of sp³-hybridized carbons (Fsp3) is 0.524. The minimum absolute atomic E-state index is 0.158. The Morgan fingerprint density at radius 3 is 2.70 bits per heavy atom. The van der Waals surface area contributed by atoms with Gasteiger partial charge in [-0.3, -0.25) is 4.68 Å². The minimum Gasteiger partial charge on any atom is -0.465 e. The van der Waals surface area contributed by atoms with Crippen molar-refractivity contribution in [3.05, 3.63) is 30.9 Å². The Morgan fingerprint density at radius 1 is 1.30 bits per heavy atom. The van der Waals surface area contributed by atoms with E-state index in [-0.39, 0.29) is 5.41 Å². The normalized spacial score (nSPS) is 19.6. The standard InChI is InChI=1S/C21H29N7O2/c1-20(2,3)27(19(29)30)14-21(4)7-9-26(13-21)18-17-6-8-22-28(17)12-16(24-18)15-10-23-25(5)11-15/h6,8,10-12H,7,9,13-14H2,1-5H3,(H,29,30). The van der Waals surface area contributed by atoms with Gasteiger partial charge in [-0.2, -0.15) is 10.2 Å². The number of nitrogens with zero attached hydrogens (tertiary/aromatic N) is 7. The van der Waals surface area contributed by atoms with Crippen LogP contribution in [0.2, 0.25) is 0 Å². The number of carbonyl (C=O) groups is 1. The third-order valence-electron chi connectivity index (χ3n) is 5.81. The summed E-state index contributed by atoms with van der Waals surface area (Å²) in [7, 11) is 1.88. The molecule has 0 spiro atoms. The van der Waals surface area contributed by atoms with Gasteiger partial charge in [0.1, 0.15) is 5.52 Å². The van der Waals surface area contributed by atoms with E-state index in [0.29, 0.717) is 6.54 Å². The highest BCUT2D eigenvalue weighted by Gasteiger charge is 2.40. The first-order chi connectivity index (χ1) is 14.1. The molecule has 3 aromatic rings. The van der Waals surface area contributed by atoms with Crippen molar-refractivity contribution in [1.82, 2.24) is 29.3 Å². The van der Waals surface area contributed by atoms with E-state index < -0.39 is 11.6 Å². The highest BCUT2D eigenvalue weighted by Crippen LogP contribution is 2.37. The van der Waals surface area contributed by atoms with E-state index in [9.17, 15) is 9.90 Å². The van der Waals surface area contributed by atoms with E-state index in [0.717, 1.165) is 42.1 Å². The molecule has 0 radical (unpaired) electrons. The van der Waals surface area contributed by atoms with Gasteiger partial charge in [-0.25, -0.2) is 14.3 Å². The van der Waals surface area contributed by atoms with Crippen LogP contribution in [0.3, 0.4) is 0 Å². The van der Waals surface area contributed by atoms with Gasteiger partial charge < -0.3 is 14.9 Å². The molecule has 0 saturated carbocycles. The van der Waals surface area contributed by atoms with Gasteiger partial charge in [0.25, 0.3) is 0 Å². The van der Waals surface area contributed by atoms with Crippen LogP contribution in [-0.4, -0.2) is 65.7 Å². The van der Waals surface area contributed by atoms with Crippen molar-refractivity contribution in [2.24, 2.45) is 12.5 Å². The summed E-state index contributed by atoms with van der Waals surface area (Å²) >= 11 is 0. The molecule has 1 aliphatic heterocycles. The molecule has 160 valence electrons. The van der Waals surface area contributed by atoms with Gasteiger partial charge in [-0.1, -0.05) is 6.92 Å². The zero-order chi connectivity index (χ0) is 21.7. The SMILES string of the molecule is Cn1cc(-c2cn3nccc3c(N3CCC(C)(CN(C(=O)O)C(C)(C)C)C3)n2)cn1. The van der Waals surface area contributed by atoms with Gasteiger partial charge in [0, 0.05) is 49.4 Å². The molecule has 4 rings (SSSR count). The van der Waals surface area contributed by atoms with Crippen LogP contribution in [0.4, 0.5) is 10.6 Å². The van der Waals surface area contributed by atoms with Crippen molar-refractivity contribution in [2.45, 2.75) is 39.7 Å². The number of amides is 1. The molecule has 9 nitrogen and oxygen atoms in total. The second kappa shape index (κ2) is 7.00. The van der Waals surface area contributed by atoms with Crippen LogP contribution in [0.25, 0.3) is 16.8 Å². The lowest BCUT2D eigenvalue weighted by atomic mass is 9.87. The zero-order valence-electron chi connectivity index (χ0n) is 18.2. The van der Waals surface area contributed by atoms with Crippen LogP contribution in [0, 0.1) is 5.41 Å². The zero-order valence-corrected chi connectivity index (χ0v) is 18.2. The molecule has 0 aliphatic carbocycles. The number of aryl methyl sites for hydroxylation is 1. The van der Waals surface area contributed by atoms with Crippen molar-refractivity contribution < 1.29 is 9.90 Å². The summed E-state index contributed by atoms with van der Waals surface area (Å²) in [6.45, 7) is 10.0. The van der Waals surface area contributed by atoms with Gasteiger partial charge in [0.05, 0.1) is 24.3 Å². The van der Waals surface area contributed by atoms with E-state index in [4.69, 9.17) is 4.98 Å². The largest absolute Gasteiger partial charge is 0.465 e. The van der Waals surface area contributed by atoms with Gasteiger partial charge >= 0.3 is 6.09 Å². The Balaban J connectivity index is 1.65. The first-order valence-electron chi connectivity index (χ1n) is 10.1. The highest BCUT2D eigenvalue weighted by atomic mass is 16.4.